The van der Waals surface area contributed by atoms with Crippen LogP contribution in [0.25, 0.3) is 6.08 Å². The first-order valence-electron chi connectivity index (χ1n) is 12.6. The van der Waals surface area contributed by atoms with Crippen LogP contribution in [0.1, 0.15) is 62.3 Å². The van der Waals surface area contributed by atoms with Gasteiger partial charge < -0.3 is 4.90 Å². The third kappa shape index (κ3) is 4.71. The van der Waals surface area contributed by atoms with Crippen molar-refractivity contribution < 1.29 is 0 Å². The molecular formula is C27H38N4S. The maximum atomic E-state index is 4.81. The lowest BCUT2D eigenvalue weighted by Crippen LogP contribution is -2.51. The Labute approximate surface area is 198 Å². The summed E-state index contributed by atoms with van der Waals surface area (Å²) in [6, 6.07) is 9.02. The first kappa shape index (κ1) is 22.2. The van der Waals surface area contributed by atoms with Gasteiger partial charge in [-0.3, -0.25) is 4.68 Å². The number of fused-ring (bicyclic) bond motifs is 2. The van der Waals surface area contributed by atoms with Gasteiger partial charge in [0.2, 0.25) is 0 Å². The topological polar surface area (TPSA) is 24.3 Å². The largest absolute Gasteiger partial charge is 0.302 e. The fourth-order valence-electron chi connectivity index (χ4n) is 5.75. The summed E-state index contributed by atoms with van der Waals surface area (Å²) >= 11 is 1.95. The molecule has 3 heterocycles. The van der Waals surface area contributed by atoms with E-state index in [1.165, 1.54) is 79.9 Å². The van der Waals surface area contributed by atoms with Crippen LogP contribution in [0.2, 0.25) is 0 Å². The van der Waals surface area contributed by atoms with Crippen LogP contribution in [0.3, 0.4) is 0 Å². The maximum Gasteiger partial charge on any atom is 0.0642 e. The third-order valence-electron chi connectivity index (χ3n) is 7.54. The number of aryl methyl sites for hydroxylation is 2. The van der Waals surface area contributed by atoms with E-state index in [9.17, 15) is 0 Å². The van der Waals surface area contributed by atoms with Crippen molar-refractivity contribution in [2.24, 2.45) is 5.41 Å². The van der Waals surface area contributed by atoms with Gasteiger partial charge in [-0.25, -0.2) is 4.31 Å². The number of aromatic nitrogens is 2. The highest BCUT2D eigenvalue weighted by molar-refractivity contribution is 7.97. The fraction of sp³-hybridized carbons (Fsp3) is 0.593. The van der Waals surface area contributed by atoms with Gasteiger partial charge in [-0.15, -0.1) is 0 Å². The molecule has 0 N–H and O–H groups in total. The average molecular weight is 451 g/mol. The Morgan fingerprint density at radius 1 is 1.06 bits per heavy atom. The normalized spacial score (nSPS) is 24.1. The molecule has 2 aliphatic heterocycles. The summed E-state index contributed by atoms with van der Waals surface area (Å²) in [4.78, 5) is 4.11. The lowest BCUT2D eigenvalue weighted by molar-refractivity contribution is 0.118. The molecule has 2 fully saturated rings. The van der Waals surface area contributed by atoms with Crippen molar-refractivity contribution in [1.29, 1.82) is 0 Å². The predicted molar refractivity (Wildman–Crippen MR) is 135 cm³/mol. The number of likely N-dealkylation sites (tertiary alicyclic amines) is 1. The van der Waals surface area contributed by atoms with Crippen molar-refractivity contribution >= 4 is 18.0 Å². The van der Waals surface area contributed by atoms with Gasteiger partial charge in [0.15, 0.2) is 0 Å². The fourth-order valence-corrected chi connectivity index (χ4v) is 6.81. The summed E-state index contributed by atoms with van der Waals surface area (Å²) in [7, 11) is 0. The second kappa shape index (κ2) is 9.74. The van der Waals surface area contributed by atoms with E-state index in [4.69, 9.17) is 5.10 Å². The van der Waals surface area contributed by atoms with Gasteiger partial charge in [0.1, 0.15) is 0 Å². The van der Waals surface area contributed by atoms with Crippen molar-refractivity contribution in [3.05, 3.63) is 52.9 Å². The number of rotatable bonds is 7. The molecule has 0 amide bonds. The van der Waals surface area contributed by atoms with Crippen LogP contribution in [0.5, 0.6) is 0 Å². The molecule has 2 saturated heterocycles. The van der Waals surface area contributed by atoms with E-state index in [0.29, 0.717) is 0 Å². The smallest absolute Gasteiger partial charge is 0.0642 e. The Hall–Kier alpha value is -1.56. The van der Waals surface area contributed by atoms with Crippen LogP contribution >= 0.6 is 11.9 Å². The minimum absolute atomic E-state index is 0.221. The highest BCUT2D eigenvalue weighted by Crippen LogP contribution is 2.46. The Bertz CT molecular complexity index is 941. The van der Waals surface area contributed by atoms with Crippen LogP contribution < -0.4 is 0 Å². The number of hydrogen-bond donors (Lipinski definition) is 0. The van der Waals surface area contributed by atoms with Crippen molar-refractivity contribution in [2.45, 2.75) is 70.2 Å². The summed E-state index contributed by atoms with van der Waals surface area (Å²) in [5, 5.41) is 4.81. The van der Waals surface area contributed by atoms with Crippen LogP contribution in [0, 0.1) is 12.3 Å². The lowest BCUT2D eigenvalue weighted by Gasteiger charge is -2.49. The van der Waals surface area contributed by atoms with E-state index in [-0.39, 0.29) is 5.41 Å². The summed E-state index contributed by atoms with van der Waals surface area (Å²) in [6.07, 6.45) is 13.6. The molecule has 32 heavy (non-hydrogen) atoms. The minimum Gasteiger partial charge on any atom is -0.302 e. The second-order valence-electron chi connectivity index (χ2n) is 10.1. The van der Waals surface area contributed by atoms with E-state index >= 15 is 0 Å². The second-order valence-corrected chi connectivity index (χ2v) is 11.3. The zero-order chi connectivity index (χ0) is 22.0. The van der Waals surface area contributed by atoms with Gasteiger partial charge in [0.05, 0.1) is 11.9 Å². The van der Waals surface area contributed by atoms with Gasteiger partial charge in [0, 0.05) is 36.5 Å². The van der Waals surface area contributed by atoms with Crippen LogP contribution in [0.4, 0.5) is 0 Å². The third-order valence-corrected chi connectivity index (χ3v) is 8.60. The van der Waals surface area contributed by atoms with Crippen molar-refractivity contribution in [3.8, 4) is 0 Å². The Morgan fingerprint density at radius 3 is 2.66 bits per heavy atom. The van der Waals surface area contributed by atoms with Crippen LogP contribution in [-0.2, 0) is 13.0 Å². The molecule has 1 aliphatic carbocycles. The van der Waals surface area contributed by atoms with Crippen LogP contribution in [0.15, 0.2) is 40.9 Å². The SMILES string of the molecule is CCCCn1ncc2c1C=C1CCN(Sc3ccc(C)cc3)C[C@@]1(CN1CCCCC1)C2. The molecule has 0 unspecified atom stereocenters. The summed E-state index contributed by atoms with van der Waals surface area (Å²) in [5.41, 5.74) is 6.08. The number of hydrogen-bond acceptors (Lipinski definition) is 4. The first-order valence-corrected chi connectivity index (χ1v) is 13.4. The molecule has 0 spiro atoms. The molecule has 5 rings (SSSR count). The molecule has 2 aromatic rings. The van der Waals surface area contributed by atoms with E-state index in [2.05, 4.69) is 64.3 Å². The molecule has 5 heteroatoms. The molecule has 3 aliphatic rings. The predicted octanol–water partition coefficient (Wildman–Crippen LogP) is 5.82. The minimum atomic E-state index is 0.221. The summed E-state index contributed by atoms with van der Waals surface area (Å²) in [5.74, 6) is 0. The molecule has 4 nitrogen and oxygen atoms in total. The first-order chi connectivity index (χ1) is 15.6. The van der Waals surface area contributed by atoms with Gasteiger partial charge >= 0.3 is 0 Å². The van der Waals surface area contributed by atoms with E-state index in [1.807, 2.05) is 11.9 Å². The van der Waals surface area contributed by atoms with Crippen molar-refractivity contribution in [2.75, 3.05) is 32.7 Å². The molecule has 1 aromatic heterocycles. The number of unbranched alkanes of at least 4 members (excludes halogenated alkanes) is 1. The molecule has 1 aromatic carbocycles. The van der Waals surface area contributed by atoms with Crippen molar-refractivity contribution in [3.63, 3.8) is 0 Å². The van der Waals surface area contributed by atoms with E-state index in [1.54, 1.807) is 5.57 Å². The van der Waals surface area contributed by atoms with Gasteiger partial charge in [0.25, 0.3) is 0 Å². The molecular weight excluding hydrogens is 412 g/mol. The summed E-state index contributed by atoms with van der Waals surface area (Å²) < 4.78 is 4.91. The number of piperidine rings is 2. The van der Waals surface area contributed by atoms with E-state index < -0.39 is 0 Å². The Kier molecular flexibility index (Phi) is 6.77. The summed E-state index contributed by atoms with van der Waals surface area (Å²) in [6.45, 7) is 11.5. The highest BCUT2D eigenvalue weighted by atomic mass is 32.2. The quantitative estimate of drug-likeness (QED) is 0.496. The number of benzene rings is 1. The zero-order valence-electron chi connectivity index (χ0n) is 19.9. The Balaban J connectivity index is 1.41. The van der Waals surface area contributed by atoms with Gasteiger partial charge in [-0.2, -0.15) is 5.10 Å². The molecule has 0 radical (unpaired) electrons. The van der Waals surface area contributed by atoms with Gasteiger partial charge in [-0.1, -0.05) is 43.0 Å². The van der Waals surface area contributed by atoms with E-state index in [0.717, 1.165) is 26.1 Å². The zero-order valence-corrected chi connectivity index (χ0v) is 20.7. The molecule has 1 atom stereocenters. The average Bonchev–Trinajstić information content (AvgIpc) is 3.19. The monoisotopic (exact) mass is 450 g/mol. The standard InChI is InChI=1S/C27H38N4S/c1-3-4-15-31-26-17-24-12-16-30(32-25-10-8-22(2)9-11-25)21-27(24,18-23(26)19-28-31)20-29-13-6-5-7-14-29/h8-11,17,19H,3-7,12-16,18,20-21H2,1-2H3/t27-/m0/s1. The maximum absolute atomic E-state index is 4.81. The number of nitrogens with zero attached hydrogens (tertiary/aromatic N) is 4. The van der Waals surface area contributed by atoms with Crippen molar-refractivity contribution in [1.82, 2.24) is 19.0 Å². The Morgan fingerprint density at radius 2 is 1.88 bits per heavy atom. The highest BCUT2D eigenvalue weighted by Gasteiger charge is 2.44. The molecule has 0 bridgehead atoms. The lowest BCUT2D eigenvalue weighted by atomic mass is 9.68. The van der Waals surface area contributed by atoms with Gasteiger partial charge in [-0.05, 0) is 87.8 Å². The van der Waals surface area contributed by atoms with Crippen LogP contribution in [-0.4, -0.2) is 51.7 Å². The molecule has 172 valence electrons. The molecule has 0 saturated carbocycles.